The fourth-order valence-corrected chi connectivity index (χ4v) is 1.52. The number of hydrogen-bond acceptors (Lipinski definition) is 2. The first-order valence-corrected chi connectivity index (χ1v) is 5.44. The van der Waals surface area contributed by atoms with E-state index in [4.69, 9.17) is 5.73 Å². The van der Waals surface area contributed by atoms with E-state index in [-0.39, 0.29) is 0 Å². The van der Waals surface area contributed by atoms with Crippen molar-refractivity contribution < 1.29 is 0 Å². The molecule has 0 aliphatic rings. The number of nitrogens with two attached hydrogens (primary N) is 1. The third-order valence-electron chi connectivity index (χ3n) is 2.69. The van der Waals surface area contributed by atoms with Crippen molar-refractivity contribution in [2.24, 2.45) is 12.8 Å². The van der Waals surface area contributed by atoms with Gasteiger partial charge in [0.15, 0.2) is 0 Å². The van der Waals surface area contributed by atoms with E-state index >= 15 is 0 Å². The molecule has 80 valence electrons. The van der Waals surface area contributed by atoms with Gasteiger partial charge in [-0.25, -0.2) is 0 Å². The third kappa shape index (κ3) is 2.84. The van der Waals surface area contributed by atoms with Gasteiger partial charge in [-0.3, -0.25) is 4.68 Å². The van der Waals surface area contributed by atoms with Gasteiger partial charge in [0.1, 0.15) is 0 Å². The molecule has 3 nitrogen and oxygen atoms in total. The average molecular weight is 195 g/mol. The highest BCUT2D eigenvalue weighted by Crippen LogP contribution is 2.08. The zero-order chi connectivity index (χ0) is 10.6. The van der Waals surface area contributed by atoms with E-state index in [0.29, 0.717) is 6.04 Å². The summed E-state index contributed by atoms with van der Waals surface area (Å²) in [5, 5.41) is 4.41. The van der Waals surface area contributed by atoms with Crippen LogP contribution in [0.4, 0.5) is 0 Å². The monoisotopic (exact) mass is 195 g/mol. The molecule has 2 N–H and O–H groups in total. The molecule has 1 aromatic heterocycles. The van der Waals surface area contributed by atoms with Crippen LogP contribution in [0.1, 0.15) is 38.1 Å². The van der Waals surface area contributed by atoms with E-state index in [9.17, 15) is 0 Å². The summed E-state index contributed by atoms with van der Waals surface area (Å²) in [6.45, 7) is 4.26. The molecular weight excluding hydrogens is 174 g/mol. The van der Waals surface area contributed by atoms with Crippen LogP contribution in [0.2, 0.25) is 0 Å². The van der Waals surface area contributed by atoms with Gasteiger partial charge in [0.2, 0.25) is 0 Å². The maximum absolute atomic E-state index is 5.88. The minimum Gasteiger partial charge on any atom is -0.328 e. The molecule has 1 heterocycles. The van der Waals surface area contributed by atoms with Crippen molar-refractivity contribution in [3.63, 3.8) is 0 Å². The smallest absolute Gasteiger partial charge is 0.0624 e. The van der Waals surface area contributed by atoms with Crippen LogP contribution in [0, 0.1) is 0 Å². The van der Waals surface area contributed by atoms with Gasteiger partial charge >= 0.3 is 0 Å². The molecular formula is C11H21N3. The van der Waals surface area contributed by atoms with E-state index in [0.717, 1.165) is 25.7 Å². The zero-order valence-electron chi connectivity index (χ0n) is 9.45. The van der Waals surface area contributed by atoms with Crippen molar-refractivity contribution in [2.75, 3.05) is 0 Å². The molecule has 1 rings (SSSR count). The molecule has 0 fully saturated rings. The molecule has 1 unspecified atom stereocenters. The quantitative estimate of drug-likeness (QED) is 0.776. The number of hydrogen-bond donors (Lipinski definition) is 1. The summed E-state index contributed by atoms with van der Waals surface area (Å²) < 4.78 is 1.97. The summed E-state index contributed by atoms with van der Waals surface area (Å²) in [6, 6.07) is 2.51. The van der Waals surface area contributed by atoms with Crippen LogP contribution >= 0.6 is 0 Å². The number of rotatable bonds is 5. The Bertz CT molecular complexity index is 278. The number of nitrogens with zero attached hydrogens (tertiary/aromatic N) is 2. The van der Waals surface area contributed by atoms with Crippen molar-refractivity contribution in [2.45, 2.75) is 45.6 Å². The number of aromatic nitrogens is 2. The van der Waals surface area contributed by atoms with Gasteiger partial charge < -0.3 is 5.73 Å². The molecule has 3 heteroatoms. The molecule has 0 spiro atoms. The summed E-state index contributed by atoms with van der Waals surface area (Å²) in [4.78, 5) is 0. The lowest BCUT2D eigenvalue weighted by Gasteiger charge is -2.07. The summed E-state index contributed by atoms with van der Waals surface area (Å²) in [5.41, 5.74) is 8.35. The highest BCUT2D eigenvalue weighted by molar-refractivity contribution is 5.10. The Morgan fingerprint density at radius 1 is 1.50 bits per heavy atom. The number of aryl methyl sites for hydroxylation is 3. The second-order valence-electron chi connectivity index (χ2n) is 3.81. The molecule has 0 amide bonds. The molecule has 0 saturated heterocycles. The van der Waals surface area contributed by atoms with Gasteiger partial charge in [0, 0.05) is 18.8 Å². The molecule has 1 atom stereocenters. The van der Waals surface area contributed by atoms with Crippen molar-refractivity contribution in [1.29, 1.82) is 0 Å². The van der Waals surface area contributed by atoms with Crippen LogP contribution in [0.3, 0.4) is 0 Å². The lowest BCUT2D eigenvalue weighted by molar-refractivity contribution is 0.575. The Kier molecular flexibility index (Phi) is 4.14. The van der Waals surface area contributed by atoms with E-state index < -0.39 is 0 Å². The van der Waals surface area contributed by atoms with Gasteiger partial charge in [0.05, 0.1) is 5.69 Å². The van der Waals surface area contributed by atoms with Crippen LogP contribution in [-0.4, -0.2) is 15.8 Å². The van der Waals surface area contributed by atoms with Gasteiger partial charge in [-0.15, -0.1) is 0 Å². The Hall–Kier alpha value is -0.830. The van der Waals surface area contributed by atoms with Gasteiger partial charge in [-0.05, 0) is 31.7 Å². The van der Waals surface area contributed by atoms with Gasteiger partial charge in [0.25, 0.3) is 0 Å². The predicted molar refractivity (Wildman–Crippen MR) is 59.2 cm³/mol. The molecule has 0 aliphatic carbocycles. The van der Waals surface area contributed by atoms with Crippen LogP contribution in [0.25, 0.3) is 0 Å². The largest absolute Gasteiger partial charge is 0.328 e. The van der Waals surface area contributed by atoms with Crippen molar-refractivity contribution in [3.8, 4) is 0 Å². The first kappa shape index (κ1) is 11.2. The molecule has 0 aliphatic heterocycles. The fraction of sp³-hybridized carbons (Fsp3) is 0.727. The average Bonchev–Trinajstić information content (AvgIpc) is 2.55. The molecule has 0 aromatic carbocycles. The standard InChI is InChI=1S/C11H21N3/c1-4-9(12)6-7-11-8-10(5-2)13-14(11)3/h8-9H,4-7,12H2,1-3H3. The van der Waals surface area contributed by atoms with E-state index in [1.807, 2.05) is 11.7 Å². The third-order valence-corrected chi connectivity index (χ3v) is 2.69. The van der Waals surface area contributed by atoms with E-state index in [1.54, 1.807) is 0 Å². The second-order valence-corrected chi connectivity index (χ2v) is 3.81. The Morgan fingerprint density at radius 2 is 2.21 bits per heavy atom. The molecule has 1 aromatic rings. The fourth-order valence-electron chi connectivity index (χ4n) is 1.52. The Morgan fingerprint density at radius 3 is 2.71 bits per heavy atom. The van der Waals surface area contributed by atoms with Crippen LogP contribution < -0.4 is 5.73 Å². The lowest BCUT2D eigenvalue weighted by Crippen LogP contribution is -2.19. The molecule has 0 bridgehead atoms. The normalized spacial score (nSPS) is 13.1. The summed E-state index contributed by atoms with van der Waals surface area (Å²) in [7, 11) is 2.01. The van der Waals surface area contributed by atoms with Crippen LogP contribution in [-0.2, 0) is 19.9 Å². The Balaban J connectivity index is 2.53. The van der Waals surface area contributed by atoms with Gasteiger partial charge in [-0.2, -0.15) is 5.10 Å². The molecule has 0 radical (unpaired) electrons. The van der Waals surface area contributed by atoms with E-state index in [1.165, 1.54) is 11.4 Å². The lowest BCUT2D eigenvalue weighted by atomic mass is 10.1. The van der Waals surface area contributed by atoms with Crippen LogP contribution in [0.15, 0.2) is 6.07 Å². The van der Waals surface area contributed by atoms with Gasteiger partial charge in [-0.1, -0.05) is 13.8 Å². The highest BCUT2D eigenvalue weighted by atomic mass is 15.3. The summed E-state index contributed by atoms with van der Waals surface area (Å²) in [6.07, 6.45) is 4.16. The SMILES string of the molecule is CCc1cc(CCC(N)CC)n(C)n1. The van der Waals surface area contributed by atoms with Crippen molar-refractivity contribution in [3.05, 3.63) is 17.5 Å². The van der Waals surface area contributed by atoms with Crippen molar-refractivity contribution >= 4 is 0 Å². The van der Waals surface area contributed by atoms with E-state index in [2.05, 4.69) is 25.0 Å². The topological polar surface area (TPSA) is 43.8 Å². The maximum atomic E-state index is 5.88. The van der Waals surface area contributed by atoms with Crippen molar-refractivity contribution in [1.82, 2.24) is 9.78 Å². The molecule has 14 heavy (non-hydrogen) atoms. The summed E-state index contributed by atoms with van der Waals surface area (Å²) in [5.74, 6) is 0. The highest BCUT2D eigenvalue weighted by Gasteiger charge is 2.05. The molecule has 0 saturated carbocycles. The van der Waals surface area contributed by atoms with Crippen LogP contribution in [0.5, 0.6) is 0 Å². The first-order chi connectivity index (χ1) is 6.67. The first-order valence-electron chi connectivity index (χ1n) is 5.44. The predicted octanol–water partition coefficient (Wildman–Crippen LogP) is 1.65. The summed E-state index contributed by atoms with van der Waals surface area (Å²) >= 11 is 0. The second kappa shape index (κ2) is 5.15. The minimum atomic E-state index is 0.329. The maximum Gasteiger partial charge on any atom is 0.0624 e. The zero-order valence-corrected chi connectivity index (χ0v) is 9.45. The Labute approximate surface area is 86.3 Å². The minimum absolute atomic E-state index is 0.329.